The molecule has 1 atom stereocenters. The zero-order chi connectivity index (χ0) is 18.0. The summed E-state index contributed by atoms with van der Waals surface area (Å²) in [5.74, 6) is 0.246. The minimum atomic E-state index is -4.50. The Hall–Kier alpha value is -2.31. The van der Waals surface area contributed by atoms with Gasteiger partial charge in [0, 0.05) is 18.8 Å². The van der Waals surface area contributed by atoms with E-state index in [2.05, 4.69) is 5.10 Å². The zero-order valence-corrected chi connectivity index (χ0v) is 13.9. The van der Waals surface area contributed by atoms with Crippen molar-refractivity contribution in [1.29, 1.82) is 0 Å². The molecule has 1 saturated carbocycles. The fourth-order valence-electron chi connectivity index (χ4n) is 2.90. The number of halogens is 3. The summed E-state index contributed by atoms with van der Waals surface area (Å²) >= 11 is 0. The first-order valence-electron chi connectivity index (χ1n) is 8.28. The Balaban J connectivity index is 1.73. The summed E-state index contributed by atoms with van der Waals surface area (Å²) in [5, 5.41) is 3.47. The molecule has 7 heteroatoms. The van der Waals surface area contributed by atoms with Crippen LogP contribution in [0.1, 0.15) is 31.0 Å². The van der Waals surface area contributed by atoms with Crippen LogP contribution >= 0.6 is 0 Å². The van der Waals surface area contributed by atoms with E-state index in [0.29, 0.717) is 12.5 Å². The van der Waals surface area contributed by atoms with Gasteiger partial charge < -0.3 is 4.90 Å². The van der Waals surface area contributed by atoms with Crippen LogP contribution in [0.15, 0.2) is 42.6 Å². The topological polar surface area (TPSA) is 38.1 Å². The molecule has 1 aromatic heterocycles. The second-order valence-electron chi connectivity index (χ2n) is 6.48. The van der Waals surface area contributed by atoms with Gasteiger partial charge in [0.2, 0.25) is 5.91 Å². The highest BCUT2D eigenvalue weighted by molar-refractivity contribution is 5.76. The molecule has 1 unspecified atom stereocenters. The smallest absolute Gasteiger partial charge is 0.334 e. The van der Waals surface area contributed by atoms with E-state index in [1.165, 1.54) is 6.20 Å². The van der Waals surface area contributed by atoms with Gasteiger partial charge in [-0.1, -0.05) is 30.3 Å². The Morgan fingerprint density at radius 3 is 2.52 bits per heavy atom. The first kappa shape index (κ1) is 17.5. The van der Waals surface area contributed by atoms with Gasteiger partial charge in [-0.25, -0.2) is 0 Å². The molecule has 0 saturated heterocycles. The molecule has 1 heterocycles. The van der Waals surface area contributed by atoms with Gasteiger partial charge in [0.1, 0.15) is 6.54 Å². The molecule has 1 fully saturated rings. The predicted molar refractivity (Wildman–Crippen MR) is 86.4 cm³/mol. The molecule has 3 rings (SSSR count). The lowest BCUT2D eigenvalue weighted by Gasteiger charge is -2.29. The SMILES string of the molecule is CC(C1CC1)N(Cc1ccccc1)C(=O)Cn1ccc(C(F)(F)F)n1. The minimum absolute atomic E-state index is 0.0605. The van der Waals surface area contributed by atoms with Crippen LogP contribution in [-0.4, -0.2) is 26.6 Å². The van der Waals surface area contributed by atoms with E-state index in [4.69, 9.17) is 0 Å². The van der Waals surface area contributed by atoms with Crippen LogP contribution in [0.25, 0.3) is 0 Å². The van der Waals surface area contributed by atoms with Gasteiger partial charge in [-0.15, -0.1) is 0 Å². The summed E-state index contributed by atoms with van der Waals surface area (Å²) in [6.07, 6.45) is -1.14. The lowest BCUT2D eigenvalue weighted by molar-refractivity contribution is -0.142. The summed E-state index contributed by atoms with van der Waals surface area (Å²) < 4.78 is 39.0. The van der Waals surface area contributed by atoms with Crippen LogP contribution in [0.3, 0.4) is 0 Å². The molecule has 0 radical (unpaired) electrons. The van der Waals surface area contributed by atoms with Crippen LogP contribution in [0.2, 0.25) is 0 Å². The van der Waals surface area contributed by atoms with Crippen LogP contribution in [0, 0.1) is 5.92 Å². The molecule has 0 aliphatic heterocycles. The van der Waals surface area contributed by atoms with Gasteiger partial charge in [0.15, 0.2) is 5.69 Å². The lowest BCUT2D eigenvalue weighted by Crippen LogP contribution is -2.41. The molecule has 1 aromatic carbocycles. The Bertz CT molecular complexity index is 723. The third-order valence-corrected chi connectivity index (χ3v) is 4.54. The normalized spacial score (nSPS) is 15.8. The first-order valence-corrected chi connectivity index (χ1v) is 8.28. The highest BCUT2D eigenvalue weighted by Crippen LogP contribution is 2.36. The zero-order valence-electron chi connectivity index (χ0n) is 13.9. The fraction of sp³-hybridized carbons (Fsp3) is 0.444. The van der Waals surface area contributed by atoms with Crippen molar-refractivity contribution < 1.29 is 18.0 Å². The number of carbonyl (C=O) groups is 1. The molecule has 25 heavy (non-hydrogen) atoms. The van der Waals surface area contributed by atoms with Gasteiger partial charge in [-0.3, -0.25) is 9.48 Å². The van der Waals surface area contributed by atoms with Crippen LogP contribution in [0.4, 0.5) is 13.2 Å². The highest BCUT2D eigenvalue weighted by atomic mass is 19.4. The molecule has 134 valence electrons. The lowest BCUT2D eigenvalue weighted by atomic mass is 10.1. The maximum atomic E-state index is 12.7. The number of amides is 1. The van der Waals surface area contributed by atoms with Crippen molar-refractivity contribution in [2.24, 2.45) is 5.92 Å². The van der Waals surface area contributed by atoms with Gasteiger partial charge >= 0.3 is 6.18 Å². The molecule has 0 bridgehead atoms. The summed E-state index contributed by atoms with van der Waals surface area (Å²) in [4.78, 5) is 14.5. The molecular formula is C18H20F3N3O. The quantitative estimate of drug-likeness (QED) is 0.795. The second kappa shape index (κ2) is 6.90. The van der Waals surface area contributed by atoms with E-state index >= 15 is 0 Å². The van der Waals surface area contributed by atoms with E-state index in [-0.39, 0.29) is 18.5 Å². The molecule has 0 N–H and O–H groups in total. The van der Waals surface area contributed by atoms with Crippen molar-refractivity contribution >= 4 is 5.91 Å². The highest BCUT2D eigenvalue weighted by Gasteiger charge is 2.36. The van der Waals surface area contributed by atoms with Gasteiger partial charge in [-0.2, -0.15) is 18.3 Å². The van der Waals surface area contributed by atoms with Crippen molar-refractivity contribution in [1.82, 2.24) is 14.7 Å². The van der Waals surface area contributed by atoms with Crippen molar-refractivity contribution in [2.75, 3.05) is 0 Å². The fourth-order valence-corrected chi connectivity index (χ4v) is 2.90. The molecule has 0 spiro atoms. The number of nitrogens with zero attached hydrogens (tertiary/aromatic N) is 3. The Labute approximate surface area is 144 Å². The number of benzene rings is 1. The molecule has 1 aliphatic rings. The summed E-state index contributed by atoms with van der Waals surface area (Å²) in [6.45, 7) is 2.26. The van der Waals surface area contributed by atoms with E-state index < -0.39 is 11.9 Å². The molecule has 1 amide bonds. The number of aromatic nitrogens is 2. The average molecular weight is 351 g/mol. The number of hydrogen-bond acceptors (Lipinski definition) is 2. The Morgan fingerprint density at radius 2 is 1.96 bits per heavy atom. The number of carbonyl (C=O) groups excluding carboxylic acids is 1. The van der Waals surface area contributed by atoms with Gasteiger partial charge in [0.25, 0.3) is 0 Å². The largest absolute Gasteiger partial charge is 0.435 e. The number of alkyl halides is 3. The number of rotatable bonds is 6. The van der Waals surface area contributed by atoms with Crippen molar-refractivity contribution in [3.05, 3.63) is 53.9 Å². The van der Waals surface area contributed by atoms with E-state index in [1.807, 2.05) is 37.3 Å². The van der Waals surface area contributed by atoms with Gasteiger partial charge in [-0.05, 0) is 37.3 Å². The maximum absolute atomic E-state index is 12.7. The molecular weight excluding hydrogens is 331 g/mol. The van der Waals surface area contributed by atoms with Crippen LogP contribution < -0.4 is 0 Å². The monoisotopic (exact) mass is 351 g/mol. The van der Waals surface area contributed by atoms with Crippen LogP contribution in [-0.2, 0) is 24.1 Å². The Kier molecular flexibility index (Phi) is 4.83. The van der Waals surface area contributed by atoms with E-state index in [1.54, 1.807) is 4.90 Å². The van der Waals surface area contributed by atoms with Crippen molar-refractivity contribution in [2.45, 2.75) is 45.1 Å². The van der Waals surface area contributed by atoms with Crippen LogP contribution in [0.5, 0.6) is 0 Å². The third-order valence-electron chi connectivity index (χ3n) is 4.54. The van der Waals surface area contributed by atoms with E-state index in [9.17, 15) is 18.0 Å². The maximum Gasteiger partial charge on any atom is 0.435 e. The second-order valence-corrected chi connectivity index (χ2v) is 6.48. The molecule has 1 aliphatic carbocycles. The average Bonchev–Trinajstić information content (AvgIpc) is 3.31. The van der Waals surface area contributed by atoms with Crippen molar-refractivity contribution in [3.63, 3.8) is 0 Å². The van der Waals surface area contributed by atoms with Crippen molar-refractivity contribution in [3.8, 4) is 0 Å². The minimum Gasteiger partial charge on any atom is -0.334 e. The Morgan fingerprint density at radius 1 is 1.28 bits per heavy atom. The molecule has 2 aromatic rings. The summed E-state index contributed by atoms with van der Waals surface area (Å²) in [6, 6.07) is 10.5. The molecule has 4 nitrogen and oxygen atoms in total. The van der Waals surface area contributed by atoms with Gasteiger partial charge in [0.05, 0.1) is 0 Å². The standard InChI is InChI=1S/C18H20F3N3O/c1-13(15-7-8-15)24(11-14-5-3-2-4-6-14)17(25)12-23-10-9-16(22-23)18(19,20)21/h2-6,9-10,13,15H,7-8,11-12H2,1H3. The summed E-state index contributed by atoms with van der Waals surface area (Å²) in [5.41, 5.74) is 0.0185. The first-order chi connectivity index (χ1) is 11.8. The van der Waals surface area contributed by atoms with E-state index in [0.717, 1.165) is 29.2 Å². The summed E-state index contributed by atoms with van der Waals surface area (Å²) in [7, 11) is 0. The number of hydrogen-bond donors (Lipinski definition) is 0. The predicted octanol–water partition coefficient (Wildman–Crippen LogP) is 3.73. The third kappa shape index (κ3) is 4.41.